The van der Waals surface area contributed by atoms with Crippen molar-refractivity contribution >= 4 is 11.5 Å². The number of para-hydroxylation sites is 1. The van der Waals surface area contributed by atoms with E-state index in [0.29, 0.717) is 6.04 Å². The summed E-state index contributed by atoms with van der Waals surface area (Å²) < 4.78 is 0. The lowest BCUT2D eigenvalue weighted by molar-refractivity contribution is 0.318. The summed E-state index contributed by atoms with van der Waals surface area (Å²) in [6, 6.07) is 8.24. The highest BCUT2D eigenvalue weighted by Gasteiger charge is 2.27. The molecule has 0 unspecified atom stereocenters. The molecule has 98 valence electrons. The van der Waals surface area contributed by atoms with Crippen molar-refractivity contribution in [3.63, 3.8) is 0 Å². The van der Waals surface area contributed by atoms with E-state index in [0.717, 1.165) is 23.7 Å². The van der Waals surface area contributed by atoms with Crippen LogP contribution in [0.1, 0.15) is 32.3 Å². The first kappa shape index (κ1) is 12.7. The van der Waals surface area contributed by atoms with Gasteiger partial charge in [-0.1, -0.05) is 17.3 Å². The SMILES string of the molecule is CC(C)N(CC1CC1)c1ccccc1C(N)=NO. The van der Waals surface area contributed by atoms with E-state index in [9.17, 15) is 0 Å². The molecule has 0 atom stereocenters. The fourth-order valence-corrected chi connectivity index (χ4v) is 2.16. The van der Waals surface area contributed by atoms with Crippen molar-refractivity contribution in [2.24, 2.45) is 16.8 Å². The van der Waals surface area contributed by atoms with Crippen molar-refractivity contribution in [1.29, 1.82) is 0 Å². The molecule has 1 fully saturated rings. The summed E-state index contributed by atoms with van der Waals surface area (Å²) >= 11 is 0. The molecule has 0 saturated heterocycles. The fourth-order valence-electron chi connectivity index (χ4n) is 2.16. The van der Waals surface area contributed by atoms with Gasteiger partial charge in [-0.25, -0.2) is 0 Å². The Morgan fingerprint density at radius 1 is 1.44 bits per heavy atom. The van der Waals surface area contributed by atoms with Crippen molar-refractivity contribution in [3.8, 4) is 0 Å². The van der Waals surface area contributed by atoms with Crippen molar-refractivity contribution in [3.05, 3.63) is 29.8 Å². The first-order chi connectivity index (χ1) is 8.63. The van der Waals surface area contributed by atoms with Crippen LogP contribution in [0.5, 0.6) is 0 Å². The van der Waals surface area contributed by atoms with E-state index in [2.05, 4.69) is 23.9 Å². The van der Waals surface area contributed by atoms with E-state index >= 15 is 0 Å². The lowest BCUT2D eigenvalue weighted by atomic mass is 10.1. The summed E-state index contributed by atoms with van der Waals surface area (Å²) in [6.07, 6.45) is 2.63. The molecule has 1 aromatic carbocycles. The van der Waals surface area contributed by atoms with Crippen LogP contribution in [0.15, 0.2) is 29.4 Å². The Morgan fingerprint density at radius 2 is 2.11 bits per heavy atom. The highest BCUT2D eigenvalue weighted by Crippen LogP contribution is 2.33. The smallest absolute Gasteiger partial charge is 0.172 e. The quantitative estimate of drug-likeness (QED) is 0.363. The lowest BCUT2D eigenvalue weighted by Crippen LogP contribution is -2.34. The molecule has 0 bridgehead atoms. The van der Waals surface area contributed by atoms with E-state index in [4.69, 9.17) is 10.9 Å². The predicted octanol–water partition coefficient (Wildman–Crippen LogP) is 2.41. The number of amidine groups is 1. The van der Waals surface area contributed by atoms with Crippen LogP contribution >= 0.6 is 0 Å². The number of anilines is 1. The van der Waals surface area contributed by atoms with Gasteiger partial charge in [0, 0.05) is 23.8 Å². The minimum atomic E-state index is 0.173. The van der Waals surface area contributed by atoms with Gasteiger partial charge in [0.25, 0.3) is 0 Å². The minimum Gasteiger partial charge on any atom is -0.409 e. The molecule has 4 nitrogen and oxygen atoms in total. The van der Waals surface area contributed by atoms with Gasteiger partial charge in [0.15, 0.2) is 5.84 Å². The number of nitrogens with zero attached hydrogens (tertiary/aromatic N) is 2. The van der Waals surface area contributed by atoms with Gasteiger partial charge in [-0.05, 0) is 44.7 Å². The van der Waals surface area contributed by atoms with Crippen LogP contribution in [0.3, 0.4) is 0 Å². The molecular formula is C14H21N3O. The van der Waals surface area contributed by atoms with Crippen molar-refractivity contribution in [1.82, 2.24) is 0 Å². The third-order valence-electron chi connectivity index (χ3n) is 3.37. The molecule has 0 spiro atoms. The number of benzene rings is 1. The Morgan fingerprint density at radius 3 is 2.67 bits per heavy atom. The van der Waals surface area contributed by atoms with Gasteiger partial charge in [0.05, 0.1) is 0 Å². The molecule has 1 aliphatic carbocycles. The monoisotopic (exact) mass is 247 g/mol. The standard InChI is InChI=1S/C14H21N3O/c1-10(2)17(9-11-7-8-11)13-6-4-3-5-12(13)14(15)16-18/h3-6,10-11,18H,7-9H2,1-2H3,(H2,15,16). The van der Waals surface area contributed by atoms with Gasteiger partial charge in [-0.3, -0.25) is 0 Å². The lowest BCUT2D eigenvalue weighted by Gasteiger charge is -2.30. The number of rotatable bonds is 5. The largest absolute Gasteiger partial charge is 0.409 e. The predicted molar refractivity (Wildman–Crippen MR) is 74.2 cm³/mol. The summed E-state index contributed by atoms with van der Waals surface area (Å²) in [5, 5.41) is 12.0. The number of oxime groups is 1. The average Bonchev–Trinajstić information content (AvgIpc) is 3.18. The molecule has 1 saturated carbocycles. The van der Waals surface area contributed by atoms with E-state index in [-0.39, 0.29) is 5.84 Å². The maximum absolute atomic E-state index is 8.87. The summed E-state index contributed by atoms with van der Waals surface area (Å²) in [6.45, 7) is 5.39. The van der Waals surface area contributed by atoms with Gasteiger partial charge >= 0.3 is 0 Å². The topological polar surface area (TPSA) is 61.8 Å². The molecule has 0 aromatic heterocycles. The van der Waals surface area contributed by atoms with Crippen LogP contribution in [-0.2, 0) is 0 Å². The molecule has 0 radical (unpaired) electrons. The summed E-state index contributed by atoms with van der Waals surface area (Å²) in [4.78, 5) is 2.34. The number of hydrogen-bond donors (Lipinski definition) is 2. The molecule has 4 heteroatoms. The van der Waals surface area contributed by atoms with Crippen molar-refractivity contribution in [2.75, 3.05) is 11.4 Å². The molecule has 2 rings (SSSR count). The second-order valence-electron chi connectivity index (χ2n) is 5.19. The molecule has 18 heavy (non-hydrogen) atoms. The Labute approximate surface area is 108 Å². The maximum Gasteiger partial charge on any atom is 0.172 e. The zero-order valence-corrected chi connectivity index (χ0v) is 11.0. The second kappa shape index (κ2) is 5.29. The van der Waals surface area contributed by atoms with Gasteiger partial charge in [0.2, 0.25) is 0 Å². The third-order valence-corrected chi connectivity index (χ3v) is 3.37. The van der Waals surface area contributed by atoms with Crippen LogP contribution in [0, 0.1) is 5.92 Å². The second-order valence-corrected chi connectivity index (χ2v) is 5.19. The third kappa shape index (κ3) is 2.75. The molecule has 0 heterocycles. The number of nitrogens with two attached hydrogens (primary N) is 1. The van der Waals surface area contributed by atoms with Gasteiger partial charge < -0.3 is 15.8 Å². The zero-order valence-electron chi connectivity index (χ0n) is 11.0. The Kier molecular flexibility index (Phi) is 3.75. The minimum absolute atomic E-state index is 0.173. The van der Waals surface area contributed by atoms with E-state index in [1.807, 2.05) is 24.3 Å². The normalized spacial score (nSPS) is 16.1. The summed E-state index contributed by atoms with van der Waals surface area (Å²) in [5.74, 6) is 0.972. The van der Waals surface area contributed by atoms with Crippen molar-refractivity contribution in [2.45, 2.75) is 32.7 Å². The Hall–Kier alpha value is -1.71. The average molecular weight is 247 g/mol. The fraction of sp³-hybridized carbons (Fsp3) is 0.500. The van der Waals surface area contributed by atoms with E-state index < -0.39 is 0 Å². The number of hydrogen-bond acceptors (Lipinski definition) is 3. The first-order valence-corrected chi connectivity index (χ1v) is 6.47. The van der Waals surface area contributed by atoms with Crippen LogP contribution in [-0.4, -0.2) is 23.6 Å². The van der Waals surface area contributed by atoms with E-state index in [1.54, 1.807) is 0 Å². The molecule has 1 aromatic rings. The van der Waals surface area contributed by atoms with Crippen LogP contribution < -0.4 is 10.6 Å². The zero-order chi connectivity index (χ0) is 13.1. The molecule has 3 N–H and O–H groups in total. The van der Waals surface area contributed by atoms with Gasteiger partial charge in [0.1, 0.15) is 0 Å². The van der Waals surface area contributed by atoms with Crippen molar-refractivity contribution < 1.29 is 5.21 Å². The Balaban J connectivity index is 2.33. The summed E-state index contributed by atoms with van der Waals surface area (Å²) in [5.41, 5.74) is 7.60. The molecule has 0 amide bonds. The van der Waals surface area contributed by atoms with Gasteiger partial charge in [-0.15, -0.1) is 0 Å². The molecule has 1 aliphatic rings. The van der Waals surface area contributed by atoms with Crippen LogP contribution in [0.25, 0.3) is 0 Å². The molecule has 0 aliphatic heterocycles. The summed E-state index contributed by atoms with van der Waals surface area (Å²) in [7, 11) is 0. The highest BCUT2D eigenvalue weighted by atomic mass is 16.4. The van der Waals surface area contributed by atoms with Gasteiger partial charge in [-0.2, -0.15) is 0 Å². The molecular weight excluding hydrogens is 226 g/mol. The van der Waals surface area contributed by atoms with E-state index in [1.165, 1.54) is 12.8 Å². The maximum atomic E-state index is 8.87. The highest BCUT2D eigenvalue weighted by molar-refractivity contribution is 6.02. The van der Waals surface area contributed by atoms with Crippen LogP contribution in [0.2, 0.25) is 0 Å². The van der Waals surface area contributed by atoms with Crippen LogP contribution in [0.4, 0.5) is 5.69 Å². The Bertz CT molecular complexity index is 438. The first-order valence-electron chi connectivity index (χ1n) is 6.47.